The summed E-state index contributed by atoms with van der Waals surface area (Å²) in [5.74, 6) is -0.756. The molecule has 0 radical (unpaired) electrons. The van der Waals surface area contributed by atoms with Crippen LogP contribution in [0.1, 0.15) is 0 Å². The number of hydrogen-bond acceptors (Lipinski definition) is 9. The van der Waals surface area contributed by atoms with Crippen molar-refractivity contribution in [2.75, 3.05) is 39.6 Å². The third-order valence-electron chi connectivity index (χ3n) is 3.18. The summed E-state index contributed by atoms with van der Waals surface area (Å²) in [6, 6.07) is 5.11. The number of allylic oxidation sites excluding steroid dienone is 3. The topological polar surface area (TPSA) is 123 Å². The summed E-state index contributed by atoms with van der Waals surface area (Å²) in [6.45, 7) is 7.20. The van der Waals surface area contributed by atoms with Crippen LogP contribution >= 0.6 is 0 Å². The Morgan fingerprint density at radius 2 is 1.50 bits per heavy atom. The molecule has 1 aromatic carbocycles. The van der Waals surface area contributed by atoms with E-state index >= 15 is 0 Å². The molecular weight excluding hydrogens is 398 g/mol. The summed E-state index contributed by atoms with van der Waals surface area (Å²) >= 11 is 0. The van der Waals surface area contributed by atoms with E-state index in [1.54, 1.807) is 0 Å². The van der Waals surface area contributed by atoms with Gasteiger partial charge in [-0.3, -0.25) is 10.1 Å². The van der Waals surface area contributed by atoms with Gasteiger partial charge in [-0.05, 0) is 24.3 Å². The van der Waals surface area contributed by atoms with Crippen molar-refractivity contribution in [3.8, 4) is 5.75 Å². The van der Waals surface area contributed by atoms with E-state index in [1.165, 1.54) is 42.5 Å². The van der Waals surface area contributed by atoms with E-state index < -0.39 is 16.9 Å². The average Bonchev–Trinajstić information content (AvgIpc) is 2.72. The highest BCUT2D eigenvalue weighted by Gasteiger charge is 2.08. The van der Waals surface area contributed by atoms with E-state index in [4.69, 9.17) is 23.7 Å². The molecule has 0 aliphatic heterocycles. The maximum absolute atomic E-state index is 11.6. The lowest BCUT2D eigenvalue weighted by Gasteiger charge is -2.07. The van der Waals surface area contributed by atoms with Crippen LogP contribution in [0.3, 0.4) is 0 Å². The van der Waals surface area contributed by atoms with Gasteiger partial charge in [0.05, 0.1) is 31.4 Å². The molecule has 1 rings (SSSR count). The van der Waals surface area contributed by atoms with Crippen LogP contribution < -0.4 is 4.74 Å². The van der Waals surface area contributed by atoms with E-state index in [0.29, 0.717) is 0 Å². The summed E-state index contributed by atoms with van der Waals surface area (Å²) in [5, 5.41) is 10.6. The SMILES string of the molecule is C=C/C=C(\C=C)OC(=O)COCCOCCOCC(=O)Oc1ccc([N+](=O)[O-])cc1. The van der Waals surface area contributed by atoms with Gasteiger partial charge in [0.2, 0.25) is 0 Å². The first-order valence-electron chi connectivity index (χ1n) is 8.80. The lowest BCUT2D eigenvalue weighted by molar-refractivity contribution is -0.384. The van der Waals surface area contributed by atoms with Crippen molar-refractivity contribution < 1.29 is 38.2 Å². The maximum Gasteiger partial charge on any atom is 0.337 e. The number of benzene rings is 1. The van der Waals surface area contributed by atoms with Gasteiger partial charge in [0.15, 0.2) is 0 Å². The van der Waals surface area contributed by atoms with Crippen LogP contribution in [-0.4, -0.2) is 56.5 Å². The summed E-state index contributed by atoms with van der Waals surface area (Å²) in [7, 11) is 0. The smallest absolute Gasteiger partial charge is 0.337 e. The lowest BCUT2D eigenvalue weighted by Crippen LogP contribution is -2.18. The molecule has 162 valence electrons. The van der Waals surface area contributed by atoms with Crippen LogP contribution in [0, 0.1) is 10.1 Å². The molecule has 0 saturated carbocycles. The van der Waals surface area contributed by atoms with Gasteiger partial charge >= 0.3 is 11.9 Å². The predicted octanol–water partition coefficient (Wildman–Crippen LogP) is 2.35. The maximum atomic E-state index is 11.6. The van der Waals surface area contributed by atoms with Crippen molar-refractivity contribution in [2.45, 2.75) is 0 Å². The fraction of sp³-hybridized carbons (Fsp3) is 0.300. The number of carbonyl (C=O) groups excluding carboxylic acids is 2. The van der Waals surface area contributed by atoms with Crippen LogP contribution in [0.5, 0.6) is 5.75 Å². The number of nitro benzene ring substituents is 1. The fourth-order valence-corrected chi connectivity index (χ4v) is 1.87. The van der Waals surface area contributed by atoms with Gasteiger partial charge in [0.25, 0.3) is 5.69 Å². The molecule has 0 saturated heterocycles. The number of non-ortho nitro benzene ring substituents is 1. The zero-order valence-electron chi connectivity index (χ0n) is 16.3. The third kappa shape index (κ3) is 10.9. The summed E-state index contributed by atoms with van der Waals surface area (Å²) in [6.07, 6.45) is 4.34. The molecule has 30 heavy (non-hydrogen) atoms. The molecule has 0 bridgehead atoms. The van der Waals surface area contributed by atoms with Crippen LogP contribution in [0.4, 0.5) is 5.69 Å². The average molecular weight is 421 g/mol. The number of nitro groups is 1. The summed E-state index contributed by atoms with van der Waals surface area (Å²) in [5.41, 5.74) is -0.102. The normalized spacial score (nSPS) is 10.9. The zero-order valence-corrected chi connectivity index (χ0v) is 16.3. The second-order valence-corrected chi connectivity index (χ2v) is 5.43. The van der Waals surface area contributed by atoms with E-state index in [0.717, 1.165) is 0 Å². The van der Waals surface area contributed by atoms with Crippen molar-refractivity contribution in [2.24, 2.45) is 0 Å². The quantitative estimate of drug-likeness (QED) is 0.0798. The standard InChI is InChI=1S/C20H23NO9/c1-3-5-17(4-2)29-19(22)14-27-12-10-26-11-13-28-15-20(23)30-18-8-6-16(7-9-18)21(24)25/h3-9H,1-2,10-15H2/b17-5+. The third-order valence-corrected chi connectivity index (χ3v) is 3.18. The van der Waals surface area contributed by atoms with Crippen LogP contribution in [-0.2, 0) is 28.5 Å². The second kappa shape index (κ2) is 14.6. The first kappa shape index (κ1) is 24.7. The Labute approximate surface area is 173 Å². The highest BCUT2D eigenvalue weighted by atomic mass is 16.6. The molecule has 0 N–H and O–H groups in total. The first-order valence-corrected chi connectivity index (χ1v) is 8.80. The second-order valence-electron chi connectivity index (χ2n) is 5.43. The van der Waals surface area contributed by atoms with E-state index in [1.807, 2.05) is 0 Å². The summed E-state index contributed by atoms with van der Waals surface area (Å²) in [4.78, 5) is 33.1. The number of ether oxygens (including phenoxy) is 5. The van der Waals surface area contributed by atoms with E-state index in [2.05, 4.69) is 13.2 Å². The Bertz CT molecular complexity index is 756. The van der Waals surface area contributed by atoms with Gasteiger partial charge < -0.3 is 23.7 Å². The van der Waals surface area contributed by atoms with Crippen molar-refractivity contribution >= 4 is 17.6 Å². The van der Waals surface area contributed by atoms with Crippen LogP contribution in [0.25, 0.3) is 0 Å². The van der Waals surface area contributed by atoms with Crippen molar-refractivity contribution in [3.05, 3.63) is 71.5 Å². The predicted molar refractivity (Wildman–Crippen MR) is 106 cm³/mol. The van der Waals surface area contributed by atoms with Gasteiger partial charge in [0, 0.05) is 12.1 Å². The van der Waals surface area contributed by atoms with Gasteiger partial charge in [-0.1, -0.05) is 19.2 Å². The number of rotatable bonds is 15. The molecule has 0 aromatic heterocycles. The molecule has 1 aromatic rings. The number of nitrogens with zero attached hydrogens (tertiary/aromatic N) is 1. The number of esters is 2. The van der Waals surface area contributed by atoms with Crippen molar-refractivity contribution in [1.29, 1.82) is 0 Å². The Hall–Kier alpha value is -3.34. The lowest BCUT2D eigenvalue weighted by atomic mass is 10.3. The van der Waals surface area contributed by atoms with Gasteiger partial charge in [-0.25, -0.2) is 9.59 Å². The van der Waals surface area contributed by atoms with E-state index in [9.17, 15) is 19.7 Å². The Kier molecular flexibility index (Phi) is 12.0. The molecule has 0 fully saturated rings. The fourth-order valence-electron chi connectivity index (χ4n) is 1.87. The molecule has 0 atom stereocenters. The van der Waals surface area contributed by atoms with Crippen LogP contribution in [0.15, 0.2) is 61.4 Å². The Balaban J connectivity index is 2.03. The largest absolute Gasteiger partial charge is 0.425 e. The number of hydrogen-bond donors (Lipinski definition) is 0. The molecular formula is C20H23NO9. The molecule has 10 heteroatoms. The first-order chi connectivity index (χ1) is 14.5. The molecule has 0 spiro atoms. The minimum atomic E-state index is -0.643. The Morgan fingerprint density at radius 1 is 0.933 bits per heavy atom. The summed E-state index contributed by atoms with van der Waals surface area (Å²) < 4.78 is 25.4. The molecule has 0 amide bonds. The Morgan fingerprint density at radius 3 is 2.03 bits per heavy atom. The molecule has 0 heterocycles. The molecule has 0 unspecified atom stereocenters. The minimum absolute atomic E-state index is 0.102. The molecule has 0 aliphatic carbocycles. The molecule has 10 nitrogen and oxygen atoms in total. The monoisotopic (exact) mass is 421 g/mol. The minimum Gasteiger partial charge on any atom is -0.425 e. The van der Waals surface area contributed by atoms with Gasteiger partial charge in [-0.2, -0.15) is 0 Å². The van der Waals surface area contributed by atoms with Crippen LogP contribution in [0.2, 0.25) is 0 Å². The highest BCUT2D eigenvalue weighted by molar-refractivity contribution is 5.73. The number of carbonyl (C=O) groups is 2. The van der Waals surface area contributed by atoms with Crippen molar-refractivity contribution in [1.82, 2.24) is 0 Å². The van der Waals surface area contributed by atoms with Gasteiger partial charge in [-0.15, -0.1) is 0 Å². The van der Waals surface area contributed by atoms with Crippen molar-refractivity contribution in [3.63, 3.8) is 0 Å². The van der Waals surface area contributed by atoms with E-state index in [-0.39, 0.29) is 56.8 Å². The molecule has 0 aliphatic rings. The highest BCUT2D eigenvalue weighted by Crippen LogP contribution is 2.17. The zero-order chi connectivity index (χ0) is 22.2. The van der Waals surface area contributed by atoms with Gasteiger partial charge in [0.1, 0.15) is 24.7 Å².